The summed E-state index contributed by atoms with van der Waals surface area (Å²) in [6.45, 7) is 1.87. The molecule has 2 aromatic carbocycles. The zero-order valence-corrected chi connectivity index (χ0v) is 12.7. The summed E-state index contributed by atoms with van der Waals surface area (Å²) < 4.78 is 1.16. The molecule has 3 heteroatoms. The molecule has 1 heterocycles. The maximum absolute atomic E-state index is 10.9. The van der Waals surface area contributed by atoms with Gasteiger partial charge in [-0.2, -0.15) is 0 Å². The maximum atomic E-state index is 10.9. The van der Waals surface area contributed by atoms with Crippen molar-refractivity contribution in [3.8, 4) is 0 Å². The summed E-state index contributed by atoms with van der Waals surface area (Å²) >= 11 is 7.58. The number of thiophene rings is 1. The Morgan fingerprint density at radius 3 is 2.60 bits per heavy atom. The Hall–Kier alpha value is -1.35. The highest BCUT2D eigenvalue weighted by molar-refractivity contribution is 7.17. The summed E-state index contributed by atoms with van der Waals surface area (Å²) in [7, 11) is 0. The highest BCUT2D eigenvalue weighted by Gasteiger charge is 2.26. The molecule has 1 unspecified atom stereocenters. The lowest BCUT2D eigenvalue weighted by atomic mass is 9.88. The van der Waals surface area contributed by atoms with Crippen molar-refractivity contribution in [2.24, 2.45) is 0 Å². The fourth-order valence-electron chi connectivity index (χ4n) is 2.51. The molecule has 0 amide bonds. The van der Waals surface area contributed by atoms with Gasteiger partial charge in [-0.15, -0.1) is 11.3 Å². The first-order valence-corrected chi connectivity index (χ1v) is 7.75. The van der Waals surface area contributed by atoms with Crippen LogP contribution in [0.3, 0.4) is 0 Å². The average molecular weight is 303 g/mol. The Labute approximate surface area is 127 Å². The lowest BCUT2D eigenvalue weighted by molar-refractivity contribution is 0.0593. The summed E-state index contributed by atoms with van der Waals surface area (Å²) in [5.41, 5.74) is 1.17. The Morgan fingerprint density at radius 2 is 1.85 bits per heavy atom. The molecular weight excluding hydrogens is 288 g/mol. The van der Waals surface area contributed by atoms with Crippen molar-refractivity contribution in [1.29, 1.82) is 0 Å². The van der Waals surface area contributed by atoms with Gasteiger partial charge < -0.3 is 5.11 Å². The van der Waals surface area contributed by atoms with E-state index in [1.807, 2.05) is 43.3 Å². The molecule has 102 valence electrons. The molecule has 1 N–H and O–H groups in total. The van der Waals surface area contributed by atoms with E-state index in [2.05, 4.69) is 17.5 Å². The molecule has 0 bridgehead atoms. The number of benzene rings is 2. The average Bonchev–Trinajstić information content (AvgIpc) is 2.89. The van der Waals surface area contributed by atoms with Crippen LogP contribution in [0.15, 0.2) is 53.9 Å². The van der Waals surface area contributed by atoms with Gasteiger partial charge >= 0.3 is 0 Å². The Bertz CT molecular complexity index is 728. The van der Waals surface area contributed by atoms with Crippen molar-refractivity contribution in [2.45, 2.75) is 18.9 Å². The van der Waals surface area contributed by atoms with E-state index in [0.29, 0.717) is 11.4 Å². The first-order valence-electron chi connectivity index (χ1n) is 6.50. The van der Waals surface area contributed by atoms with Gasteiger partial charge in [0.05, 0.1) is 5.60 Å². The fourth-order valence-corrected chi connectivity index (χ4v) is 3.68. The van der Waals surface area contributed by atoms with E-state index in [1.54, 1.807) is 11.3 Å². The minimum absolute atomic E-state index is 0.571. The molecule has 0 aliphatic carbocycles. The highest BCUT2D eigenvalue weighted by atomic mass is 35.5. The third-order valence-corrected chi connectivity index (χ3v) is 4.74. The second-order valence-corrected chi connectivity index (χ2v) is 6.57. The molecular formula is C17H15ClOS. The molecule has 0 aliphatic rings. The quantitative estimate of drug-likeness (QED) is 0.721. The fraction of sp³-hybridized carbons (Fsp3) is 0.176. The van der Waals surface area contributed by atoms with E-state index in [1.165, 1.54) is 5.39 Å². The summed E-state index contributed by atoms with van der Waals surface area (Å²) in [6.07, 6.45) is 0.571. The normalized spacial score (nSPS) is 14.3. The third-order valence-electron chi connectivity index (χ3n) is 3.52. The van der Waals surface area contributed by atoms with Crippen LogP contribution >= 0.6 is 22.9 Å². The Balaban J connectivity index is 1.98. The smallest absolute Gasteiger partial charge is 0.0922 e. The number of rotatable bonds is 3. The molecule has 0 saturated carbocycles. The minimum Gasteiger partial charge on any atom is -0.385 e. The Morgan fingerprint density at radius 1 is 1.10 bits per heavy atom. The van der Waals surface area contributed by atoms with Gasteiger partial charge in [-0.1, -0.05) is 41.9 Å². The van der Waals surface area contributed by atoms with Crippen molar-refractivity contribution in [3.05, 3.63) is 70.1 Å². The summed E-state index contributed by atoms with van der Waals surface area (Å²) in [4.78, 5) is 0. The first kappa shape index (κ1) is 13.6. The van der Waals surface area contributed by atoms with Crippen LogP contribution in [0.5, 0.6) is 0 Å². The van der Waals surface area contributed by atoms with Gasteiger partial charge in [-0.3, -0.25) is 0 Å². The van der Waals surface area contributed by atoms with Crippen LogP contribution in [0.2, 0.25) is 5.02 Å². The number of hydrogen-bond acceptors (Lipinski definition) is 2. The molecule has 20 heavy (non-hydrogen) atoms. The van der Waals surface area contributed by atoms with Gasteiger partial charge in [0.15, 0.2) is 0 Å². The van der Waals surface area contributed by atoms with Crippen molar-refractivity contribution in [3.63, 3.8) is 0 Å². The number of halogens is 1. The highest BCUT2D eigenvalue weighted by Crippen LogP contribution is 2.34. The summed E-state index contributed by atoms with van der Waals surface area (Å²) in [6, 6.07) is 15.8. The van der Waals surface area contributed by atoms with Crippen LogP contribution < -0.4 is 0 Å². The molecule has 0 aliphatic heterocycles. The molecule has 1 atom stereocenters. The molecule has 0 spiro atoms. The van der Waals surface area contributed by atoms with E-state index < -0.39 is 5.60 Å². The number of hydrogen-bond donors (Lipinski definition) is 1. The van der Waals surface area contributed by atoms with E-state index in [-0.39, 0.29) is 0 Å². The van der Waals surface area contributed by atoms with E-state index in [9.17, 15) is 5.11 Å². The molecule has 1 aromatic heterocycles. The molecule has 1 nitrogen and oxygen atoms in total. The minimum atomic E-state index is -0.891. The number of aliphatic hydroxyl groups is 1. The van der Waals surface area contributed by atoms with Crippen LogP contribution in [0.4, 0.5) is 0 Å². The van der Waals surface area contributed by atoms with Crippen molar-refractivity contribution in [1.82, 2.24) is 0 Å². The van der Waals surface area contributed by atoms with Crippen molar-refractivity contribution < 1.29 is 5.11 Å². The summed E-state index contributed by atoms with van der Waals surface area (Å²) in [5.74, 6) is 0. The zero-order valence-electron chi connectivity index (χ0n) is 11.1. The molecule has 0 fully saturated rings. The number of fused-ring (bicyclic) bond motifs is 1. The van der Waals surface area contributed by atoms with E-state index in [0.717, 1.165) is 15.8 Å². The first-order chi connectivity index (χ1) is 9.56. The Kier molecular flexibility index (Phi) is 3.55. The van der Waals surface area contributed by atoms with E-state index >= 15 is 0 Å². The van der Waals surface area contributed by atoms with Crippen LogP contribution in [0.1, 0.15) is 18.1 Å². The van der Waals surface area contributed by atoms with Gasteiger partial charge in [-0.05, 0) is 41.5 Å². The second-order valence-electron chi connectivity index (χ2n) is 5.22. The molecule has 0 radical (unpaired) electrons. The predicted molar refractivity (Wildman–Crippen MR) is 86.6 cm³/mol. The van der Waals surface area contributed by atoms with Crippen LogP contribution in [-0.2, 0) is 12.0 Å². The zero-order chi connectivity index (χ0) is 14.2. The third kappa shape index (κ3) is 2.59. The van der Waals surface area contributed by atoms with Gasteiger partial charge in [0.2, 0.25) is 0 Å². The van der Waals surface area contributed by atoms with Crippen LogP contribution in [0, 0.1) is 0 Å². The van der Waals surface area contributed by atoms with Gasteiger partial charge in [-0.25, -0.2) is 0 Å². The topological polar surface area (TPSA) is 20.2 Å². The lowest BCUT2D eigenvalue weighted by Gasteiger charge is -2.24. The van der Waals surface area contributed by atoms with Crippen LogP contribution in [-0.4, -0.2) is 5.11 Å². The van der Waals surface area contributed by atoms with Gasteiger partial charge in [0.1, 0.15) is 0 Å². The van der Waals surface area contributed by atoms with Gasteiger partial charge in [0, 0.05) is 21.7 Å². The predicted octanol–water partition coefficient (Wildman–Crippen LogP) is 5.00. The maximum Gasteiger partial charge on any atom is 0.0922 e. The standard InChI is InChI=1S/C17H15ClOS/c1-17(19,11-12-5-7-14(18)8-6-12)15-4-2-3-13-9-10-20-16(13)15/h2-10,19H,11H2,1H3. The molecule has 3 aromatic rings. The molecule has 0 saturated heterocycles. The van der Waals surface area contributed by atoms with Gasteiger partial charge in [0.25, 0.3) is 0 Å². The van der Waals surface area contributed by atoms with Crippen molar-refractivity contribution >= 4 is 33.0 Å². The van der Waals surface area contributed by atoms with Crippen LogP contribution in [0.25, 0.3) is 10.1 Å². The monoisotopic (exact) mass is 302 g/mol. The molecule has 3 rings (SSSR count). The summed E-state index contributed by atoms with van der Waals surface area (Å²) in [5, 5.41) is 14.9. The lowest BCUT2D eigenvalue weighted by Crippen LogP contribution is -2.24. The van der Waals surface area contributed by atoms with Crippen molar-refractivity contribution in [2.75, 3.05) is 0 Å². The SMILES string of the molecule is CC(O)(Cc1ccc(Cl)cc1)c1cccc2ccsc12. The largest absolute Gasteiger partial charge is 0.385 e. The second kappa shape index (κ2) is 5.21. The van der Waals surface area contributed by atoms with E-state index in [4.69, 9.17) is 11.6 Å².